The van der Waals surface area contributed by atoms with Crippen molar-refractivity contribution in [2.45, 2.75) is 19.9 Å². The van der Waals surface area contributed by atoms with Gasteiger partial charge in [-0.2, -0.15) is 0 Å². The van der Waals surface area contributed by atoms with E-state index in [4.69, 9.17) is 9.15 Å². The van der Waals surface area contributed by atoms with E-state index < -0.39 is 0 Å². The number of pyridine rings is 1. The summed E-state index contributed by atoms with van der Waals surface area (Å²) in [5.74, 6) is 2.06. The van der Waals surface area contributed by atoms with Crippen molar-refractivity contribution in [2.24, 2.45) is 0 Å². The van der Waals surface area contributed by atoms with Crippen LogP contribution < -0.4 is 10.2 Å². The lowest BCUT2D eigenvalue weighted by Crippen LogP contribution is -2.38. The summed E-state index contributed by atoms with van der Waals surface area (Å²) < 4.78 is 11.1. The van der Waals surface area contributed by atoms with Gasteiger partial charge in [0.05, 0.1) is 30.2 Å². The van der Waals surface area contributed by atoms with Crippen molar-refractivity contribution >= 4 is 23.1 Å². The molecule has 1 N–H and O–H groups in total. The van der Waals surface area contributed by atoms with E-state index in [9.17, 15) is 4.79 Å². The number of amides is 1. The number of aromatic nitrogens is 2. The lowest BCUT2D eigenvalue weighted by molar-refractivity contribution is -0.120. The zero-order valence-corrected chi connectivity index (χ0v) is 16.5. The fourth-order valence-corrected chi connectivity index (χ4v) is 3.78. The molecule has 3 aromatic heterocycles. The minimum absolute atomic E-state index is 0.0917. The summed E-state index contributed by atoms with van der Waals surface area (Å²) in [6.45, 7) is 5.27. The van der Waals surface area contributed by atoms with Crippen molar-refractivity contribution < 1.29 is 13.9 Å². The average Bonchev–Trinajstić information content (AvgIpc) is 3.38. The van der Waals surface area contributed by atoms with Gasteiger partial charge in [0, 0.05) is 31.4 Å². The van der Waals surface area contributed by atoms with Crippen LogP contribution in [0.3, 0.4) is 0 Å². The number of nitrogens with zero attached hydrogens (tertiary/aromatic N) is 3. The van der Waals surface area contributed by atoms with E-state index in [1.165, 1.54) is 0 Å². The number of morpholine rings is 1. The highest BCUT2D eigenvalue weighted by atomic mass is 32.1. The molecule has 0 saturated carbocycles. The van der Waals surface area contributed by atoms with Gasteiger partial charge >= 0.3 is 0 Å². The van der Waals surface area contributed by atoms with Crippen molar-refractivity contribution in [2.75, 3.05) is 31.2 Å². The van der Waals surface area contributed by atoms with Crippen molar-refractivity contribution in [3.63, 3.8) is 0 Å². The lowest BCUT2D eigenvalue weighted by Gasteiger charge is -2.29. The molecule has 8 heteroatoms. The molecule has 1 aliphatic rings. The zero-order valence-electron chi connectivity index (χ0n) is 15.7. The Bertz CT molecular complexity index is 933. The maximum Gasteiger partial charge on any atom is 0.236 e. The van der Waals surface area contributed by atoms with Crippen molar-refractivity contribution in [1.82, 2.24) is 15.3 Å². The summed E-state index contributed by atoms with van der Waals surface area (Å²) in [6.07, 6.45) is 1.97. The minimum atomic E-state index is -0.0917. The number of anilines is 1. The van der Waals surface area contributed by atoms with Gasteiger partial charge in [-0.25, -0.2) is 9.97 Å². The van der Waals surface area contributed by atoms with E-state index >= 15 is 0 Å². The van der Waals surface area contributed by atoms with Crippen LogP contribution in [0.5, 0.6) is 0 Å². The molecule has 0 aromatic carbocycles. The quantitative estimate of drug-likeness (QED) is 0.688. The molecule has 0 aliphatic carbocycles. The number of thiophene rings is 1. The van der Waals surface area contributed by atoms with Crippen LogP contribution in [-0.4, -0.2) is 42.2 Å². The fraction of sp³-hybridized carbons (Fsp3) is 0.350. The third-order valence-electron chi connectivity index (χ3n) is 4.61. The Hall–Kier alpha value is -2.71. The number of rotatable bonds is 6. The first-order chi connectivity index (χ1) is 13.7. The number of carbonyl (C=O) groups is 1. The second kappa shape index (κ2) is 8.53. The third-order valence-corrected chi connectivity index (χ3v) is 5.46. The summed E-state index contributed by atoms with van der Waals surface area (Å²) in [6, 6.07) is 7.79. The second-order valence-electron chi connectivity index (χ2n) is 6.54. The van der Waals surface area contributed by atoms with Gasteiger partial charge in [0.25, 0.3) is 0 Å². The Labute approximate surface area is 167 Å². The molecule has 0 radical (unpaired) electrons. The first kappa shape index (κ1) is 18.6. The van der Waals surface area contributed by atoms with Crippen LogP contribution in [0, 0.1) is 6.92 Å². The molecule has 4 heterocycles. The number of carbonyl (C=O) groups excluding carboxylic acids is 1. The molecule has 1 aliphatic heterocycles. The predicted octanol–water partition coefficient (Wildman–Crippen LogP) is 2.80. The highest BCUT2D eigenvalue weighted by Gasteiger charge is 2.18. The monoisotopic (exact) mass is 398 g/mol. The molecule has 7 nitrogen and oxygen atoms in total. The summed E-state index contributed by atoms with van der Waals surface area (Å²) in [5, 5.41) is 4.96. The van der Waals surface area contributed by atoms with E-state index in [2.05, 4.69) is 20.2 Å². The van der Waals surface area contributed by atoms with Gasteiger partial charge in [-0.15, -0.1) is 11.3 Å². The van der Waals surface area contributed by atoms with E-state index in [-0.39, 0.29) is 12.3 Å². The minimum Gasteiger partial charge on any atom is -0.440 e. The van der Waals surface area contributed by atoms with Crippen LogP contribution >= 0.6 is 11.3 Å². The number of oxazole rings is 1. The van der Waals surface area contributed by atoms with Crippen LogP contribution in [0.4, 0.5) is 5.82 Å². The van der Waals surface area contributed by atoms with Gasteiger partial charge in [-0.3, -0.25) is 4.79 Å². The van der Waals surface area contributed by atoms with E-state index in [1.54, 1.807) is 17.5 Å². The van der Waals surface area contributed by atoms with Gasteiger partial charge in [0.1, 0.15) is 11.6 Å². The molecular weight excluding hydrogens is 376 g/mol. The Morgan fingerprint density at radius 3 is 2.93 bits per heavy atom. The average molecular weight is 398 g/mol. The van der Waals surface area contributed by atoms with Crippen LogP contribution in [0.15, 0.2) is 40.3 Å². The topological polar surface area (TPSA) is 80.5 Å². The number of nitrogens with one attached hydrogen (secondary N) is 1. The molecule has 3 aromatic rings. The van der Waals surface area contributed by atoms with Gasteiger partial charge in [-0.1, -0.05) is 12.1 Å². The van der Waals surface area contributed by atoms with Crippen molar-refractivity contribution in [3.8, 4) is 10.8 Å². The van der Waals surface area contributed by atoms with E-state index in [0.29, 0.717) is 37.1 Å². The Morgan fingerprint density at radius 2 is 2.14 bits per heavy atom. The molecule has 4 rings (SSSR count). The highest BCUT2D eigenvalue weighted by molar-refractivity contribution is 7.13. The van der Waals surface area contributed by atoms with Gasteiger partial charge < -0.3 is 19.4 Å². The molecule has 1 saturated heterocycles. The number of aryl methyl sites for hydroxylation is 1. The maximum absolute atomic E-state index is 12.5. The van der Waals surface area contributed by atoms with Crippen LogP contribution in [0.2, 0.25) is 0 Å². The van der Waals surface area contributed by atoms with Gasteiger partial charge in [0.15, 0.2) is 0 Å². The molecule has 1 amide bonds. The first-order valence-corrected chi connectivity index (χ1v) is 10.1. The zero-order chi connectivity index (χ0) is 19.3. The van der Waals surface area contributed by atoms with E-state index in [1.807, 2.05) is 36.6 Å². The molecule has 0 bridgehead atoms. The Kier molecular flexibility index (Phi) is 5.68. The predicted molar refractivity (Wildman–Crippen MR) is 107 cm³/mol. The number of hydrogen-bond donors (Lipinski definition) is 1. The molecule has 146 valence electrons. The number of ether oxygens (including phenoxy) is 1. The first-order valence-electron chi connectivity index (χ1n) is 9.24. The fourth-order valence-electron chi connectivity index (χ4n) is 3.13. The standard InChI is InChI=1S/C20H22N4O3S/c1-14-16(23-20(27-14)17-5-3-11-28-17)12-18(25)22-13-15-4-2-6-21-19(15)24-7-9-26-10-8-24/h2-6,11H,7-10,12-13H2,1H3,(H,22,25). The summed E-state index contributed by atoms with van der Waals surface area (Å²) >= 11 is 1.56. The molecule has 0 spiro atoms. The van der Waals surface area contributed by atoms with Crippen LogP contribution in [0.25, 0.3) is 10.8 Å². The summed E-state index contributed by atoms with van der Waals surface area (Å²) in [4.78, 5) is 24.6. The third kappa shape index (κ3) is 4.23. The molecule has 28 heavy (non-hydrogen) atoms. The molecular formula is C20H22N4O3S. The van der Waals surface area contributed by atoms with Gasteiger partial charge in [-0.05, 0) is 24.4 Å². The summed E-state index contributed by atoms with van der Waals surface area (Å²) in [5.41, 5.74) is 1.66. The molecule has 0 unspecified atom stereocenters. The maximum atomic E-state index is 12.5. The lowest BCUT2D eigenvalue weighted by atomic mass is 10.2. The Balaban J connectivity index is 1.39. The van der Waals surface area contributed by atoms with Crippen molar-refractivity contribution in [3.05, 3.63) is 52.9 Å². The van der Waals surface area contributed by atoms with Crippen LogP contribution in [0.1, 0.15) is 17.0 Å². The smallest absolute Gasteiger partial charge is 0.236 e. The highest BCUT2D eigenvalue weighted by Crippen LogP contribution is 2.26. The molecule has 0 atom stereocenters. The normalized spacial score (nSPS) is 14.2. The second-order valence-corrected chi connectivity index (χ2v) is 7.49. The summed E-state index contributed by atoms with van der Waals surface area (Å²) in [7, 11) is 0. The molecule has 1 fully saturated rings. The van der Waals surface area contributed by atoms with Crippen LogP contribution in [-0.2, 0) is 22.5 Å². The number of hydrogen-bond acceptors (Lipinski definition) is 7. The van der Waals surface area contributed by atoms with E-state index in [0.717, 1.165) is 29.3 Å². The SMILES string of the molecule is Cc1oc(-c2cccs2)nc1CC(=O)NCc1cccnc1N1CCOCC1. The van der Waals surface area contributed by atoms with Crippen molar-refractivity contribution in [1.29, 1.82) is 0 Å². The largest absolute Gasteiger partial charge is 0.440 e. The Morgan fingerprint density at radius 1 is 1.29 bits per heavy atom. The van der Waals surface area contributed by atoms with Gasteiger partial charge in [0.2, 0.25) is 11.8 Å².